The van der Waals surface area contributed by atoms with Crippen molar-refractivity contribution in [1.29, 1.82) is 0 Å². The number of esters is 1. The molecule has 1 aliphatic rings. The van der Waals surface area contributed by atoms with Crippen LogP contribution in [0.1, 0.15) is 49.2 Å². The molecule has 0 bridgehead atoms. The number of hydrogen-bond donors (Lipinski definition) is 1. The summed E-state index contributed by atoms with van der Waals surface area (Å²) in [6.07, 6.45) is 0. The van der Waals surface area contributed by atoms with Gasteiger partial charge in [0.25, 0.3) is 0 Å². The fourth-order valence-corrected chi connectivity index (χ4v) is 3.34. The van der Waals surface area contributed by atoms with Crippen LogP contribution in [0, 0.1) is 6.92 Å². The molecular weight excluding hydrogens is 314 g/mol. The van der Waals surface area contributed by atoms with Crippen molar-refractivity contribution < 1.29 is 18.8 Å². The van der Waals surface area contributed by atoms with Gasteiger partial charge in [-0.3, -0.25) is 0 Å². The molecule has 0 radical (unpaired) electrons. The average Bonchev–Trinajstić information content (AvgIpc) is 2.42. The normalized spacial score (nSPS) is 18.2. The first-order valence-electron chi connectivity index (χ1n) is 7.75. The molecule has 0 amide bonds. The topological polar surface area (TPSA) is 70.6 Å². The Labute approximate surface area is 141 Å². The zero-order chi connectivity index (χ0) is 17.3. The zero-order valence-electron chi connectivity index (χ0n) is 14.4. The Morgan fingerprint density at radius 3 is 2.52 bits per heavy atom. The number of carbonyl (C=O) groups is 1. The number of aryl methyl sites for hydroxylation is 1. The lowest BCUT2D eigenvalue weighted by Gasteiger charge is -2.44. The van der Waals surface area contributed by atoms with E-state index in [4.69, 9.17) is 9.47 Å². The van der Waals surface area contributed by atoms with E-state index in [1.165, 1.54) is 0 Å². The number of ether oxygens (including phenoxy) is 2. The molecule has 6 heteroatoms. The van der Waals surface area contributed by atoms with Crippen LogP contribution >= 0.6 is 0 Å². The molecule has 1 unspecified atom stereocenters. The molecule has 1 aromatic carbocycles. The van der Waals surface area contributed by atoms with E-state index in [0.29, 0.717) is 25.4 Å². The summed E-state index contributed by atoms with van der Waals surface area (Å²) in [7, 11) is 0. The fraction of sp³-hybridized carbons (Fsp3) is 0.588. The minimum absolute atomic E-state index is 0.327. The Balaban J connectivity index is 2.26. The van der Waals surface area contributed by atoms with Gasteiger partial charge in [0, 0.05) is 11.4 Å². The molecular formula is C17H25NO4S. The molecule has 0 aliphatic carbocycles. The fourth-order valence-electron chi connectivity index (χ4n) is 2.45. The van der Waals surface area contributed by atoms with Crippen LogP contribution in [-0.4, -0.2) is 35.1 Å². The highest BCUT2D eigenvalue weighted by Crippen LogP contribution is 2.34. The molecule has 1 heterocycles. The average molecular weight is 339 g/mol. The molecule has 128 valence electrons. The van der Waals surface area contributed by atoms with Gasteiger partial charge in [0.05, 0.1) is 25.4 Å². The summed E-state index contributed by atoms with van der Waals surface area (Å²) >= 11 is -1.20. The predicted octanol–water partition coefficient (Wildman–Crippen LogP) is 2.45. The summed E-state index contributed by atoms with van der Waals surface area (Å²) in [5.74, 6) is -0.327. The van der Waals surface area contributed by atoms with Crippen molar-refractivity contribution >= 4 is 17.3 Å². The van der Waals surface area contributed by atoms with Gasteiger partial charge in [0.15, 0.2) is 0 Å². The SMILES string of the molecule is CCOC(=O)c1ccc(C2(N[S+]([O-])C(C)(C)C)COC2)c(C)c1. The van der Waals surface area contributed by atoms with Crippen molar-refractivity contribution in [2.45, 2.75) is 44.9 Å². The molecule has 2 rings (SSSR count). The summed E-state index contributed by atoms with van der Waals surface area (Å²) in [5, 5.41) is 0. The Morgan fingerprint density at radius 1 is 1.43 bits per heavy atom. The highest BCUT2D eigenvalue weighted by Gasteiger charge is 2.47. The molecule has 1 N–H and O–H groups in total. The van der Waals surface area contributed by atoms with Crippen LogP contribution in [0.15, 0.2) is 18.2 Å². The molecule has 0 spiro atoms. The van der Waals surface area contributed by atoms with Gasteiger partial charge in [-0.25, -0.2) is 4.79 Å². The first kappa shape index (κ1) is 18.3. The Bertz CT molecular complexity index is 578. The highest BCUT2D eigenvalue weighted by molar-refractivity contribution is 7.90. The van der Waals surface area contributed by atoms with Crippen molar-refractivity contribution in [2.75, 3.05) is 19.8 Å². The molecule has 1 aromatic rings. The standard InChI is InChI=1S/C17H25NO4S/c1-6-22-15(19)13-7-8-14(12(2)9-13)17(10-21-11-17)18-23(20)16(3,4)5/h7-9,18H,6,10-11H2,1-5H3. The second-order valence-corrected chi connectivity index (χ2v) is 8.77. The molecule has 1 aliphatic heterocycles. The van der Waals surface area contributed by atoms with Gasteiger partial charge in [0.1, 0.15) is 10.3 Å². The summed E-state index contributed by atoms with van der Waals surface area (Å²) in [6, 6.07) is 5.47. The summed E-state index contributed by atoms with van der Waals surface area (Å²) in [5.41, 5.74) is 2.03. The van der Waals surface area contributed by atoms with Gasteiger partial charge in [-0.1, -0.05) is 6.07 Å². The first-order chi connectivity index (χ1) is 10.7. The number of nitrogens with one attached hydrogen (secondary N) is 1. The quantitative estimate of drug-likeness (QED) is 0.659. The number of benzene rings is 1. The van der Waals surface area contributed by atoms with Crippen LogP contribution in [-0.2, 0) is 26.4 Å². The largest absolute Gasteiger partial charge is 0.598 e. The zero-order valence-corrected chi connectivity index (χ0v) is 15.2. The second kappa shape index (κ2) is 6.81. The van der Waals surface area contributed by atoms with E-state index in [2.05, 4.69) is 4.72 Å². The number of hydrogen-bond acceptors (Lipinski definition) is 5. The predicted molar refractivity (Wildman–Crippen MR) is 90.7 cm³/mol. The van der Waals surface area contributed by atoms with Crippen molar-refractivity contribution in [3.63, 3.8) is 0 Å². The Hall–Kier alpha value is -1.08. The third-order valence-electron chi connectivity index (χ3n) is 3.79. The van der Waals surface area contributed by atoms with Crippen LogP contribution < -0.4 is 4.72 Å². The summed E-state index contributed by atoms with van der Waals surface area (Å²) in [6.45, 7) is 10.8. The third kappa shape index (κ3) is 3.88. The van der Waals surface area contributed by atoms with E-state index < -0.39 is 16.9 Å². The van der Waals surface area contributed by atoms with E-state index >= 15 is 0 Å². The molecule has 1 atom stereocenters. The summed E-state index contributed by atoms with van der Waals surface area (Å²) in [4.78, 5) is 11.8. The number of carbonyl (C=O) groups excluding carboxylic acids is 1. The van der Waals surface area contributed by atoms with E-state index in [-0.39, 0.29) is 10.7 Å². The van der Waals surface area contributed by atoms with Crippen LogP contribution in [0.2, 0.25) is 0 Å². The van der Waals surface area contributed by atoms with Gasteiger partial charge in [-0.15, -0.1) is 4.72 Å². The van der Waals surface area contributed by atoms with Gasteiger partial charge >= 0.3 is 5.97 Å². The maximum Gasteiger partial charge on any atom is 0.338 e. The van der Waals surface area contributed by atoms with Crippen LogP contribution in [0.3, 0.4) is 0 Å². The molecule has 0 aromatic heterocycles. The van der Waals surface area contributed by atoms with Crippen LogP contribution in [0.5, 0.6) is 0 Å². The highest BCUT2D eigenvalue weighted by atomic mass is 32.2. The molecule has 1 saturated heterocycles. The lowest BCUT2D eigenvalue weighted by atomic mass is 9.85. The minimum atomic E-state index is -1.20. The van der Waals surface area contributed by atoms with Gasteiger partial charge in [0.2, 0.25) is 0 Å². The Morgan fingerprint density at radius 2 is 2.09 bits per heavy atom. The van der Waals surface area contributed by atoms with Gasteiger partial charge in [-0.2, -0.15) is 0 Å². The van der Waals surface area contributed by atoms with E-state index in [9.17, 15) is 9.35 Å². The maximum atomic E-state index is 12.5. The first-order valence-corrected chi connectivity index (χ1v) is 8.90. The summed E-state index contributed by atoms with van der Waals surface area (Å²) < 4.78 is 25.8. The van der Waals surface area contributed by atoms with Crippen molar-refractivity contribution in [2.24, 2.45) is 0 Å². The lowest BCUT2D eigenvalue weighted by molar-refractivity contribution is -0.0669. The van der Waals surface area contributed by atoms with Crippen molar-refractivity contribution in [3.05, 3.63) is 34.9 Å². The third-order valence-corrected chi connectivity index (χ3v) is 5.48. The van der Waals surface area contributed by atoms with Crippen LogP contribution in [0.25, 0.3) is 0 Å². The van der Waals surface area contributed by atoms with E-state index in [1.807, 2.05) is 39.8 Å². The van der Waals surface area contributed by atoms with E-state index in [1.54, 1.807) is 13.0 Å². The van der Waals surface area contributed by atoms with Crippen LogP contribution in [0.4, 0.5) is 0 Å². The Kier molecular flexibility index (Phi) is 5.41. The maximum absolute atomic E-state index is 12.5. The monoisotopic (exact) mass is 339 g/mol. The van der Waals surface area contributed by atoms with Gasteiger partial charge in [-0.05, 0) is 57.9 Å². The molecule has 23 heavy (non-hydrogen) atoms. The van der Waals surface area contributed by atoms with Crippen molar-refractivity contribution in [1.82, 2.24) is 4.72 Å². The van der Waals surface area contributed by atoms with Gasteiger partial charge < -0.3 is 14.0 Å². The molecule has 1 fully saturated rings. The minimum Gasteiger partial charge on any atom is -0.598 e. The molecule has 5 nitrogen and oxygen atoms in total. The number of rotatable bonds is 5. The second-order valence-electron chi connectivity index (χ2n) is 6.81. The van der Waals surface area contributed by atoms with Crippen molar-refractivity contribution in [3.8, 4) is 0 Å². The van der Waals surface area contributed by atoms with E-state index in [0.717, 1.165) is 11.1 Å². The lowest BCUT2D eigenvalue weighted by Crippen LogP contribution is -2.62. The smallest absolute Gasteiger partial charge is 0.338 e. The molecule has 0 saturated carbocycles.